The summed E-state index contributed by atoms with van der Waals surface area (Å²) in [6.07, 6.45) is 5.26. The van der Waals surface area contributed by atoms with Crippen molar-refractivity contribution < 1.29 is 14.1 Å². The number of hydrogen-bond acceptors (Lipinski definition) is 8. The predicted molar refractivity (Wildman–Crippen MR) is 114 cm³/mol. The van der Waals surface area contributed by atoms with E-state index in [4.69, 9.17) is 14.2 Å². The molecule has 1 saturated heterocycles. The third-order valence-electron chi connectivity index (χ3n) is 5.96. The van der Waals surface area contributed by atoms with Gasteiger partial charge in [-0.05, 0) is 20.8 Å². The second-order valence-corrected chi connectivity index (χ2v) is 7.88. The molecule has 1 unspecified atom stereocenters. The minimum Gasteiger partial charge on any atom is -0.471 e. The van der Waals surface area contributed by atoms with Crippen molar-refractivity contribution >= 4 is 17.1 Å². The Hall–Kier alpha value is -3.76. The van der Waals surface area contributed by atoms with Crippen LogP contribution >= 0.6 is 0 Å². The van der Waals surface area contributed by atoms with E-state index in [0.717, 1.165) is 23.6 Å². The van der Waals surface area contributed by atoms with Crippen LogP contribution in [0.15, 0.2) is 23.2 Å². The summed E-state index contributed by atoms with van der Waals surface area (Å²) >= 11 is 0. The van der Waals surface area contributed by atoms with Gasteiger partial charge in [-0.25, -0.2) is 9.97 Å². The molecule has 1 atom stereocenters. The summed E-state index contributed by atoms with van der Waals surface area (Å²) < 4.78 is 15.1. The Morgan fingerprint density at radius 3 is 2.84 bits per heavy atom. The van der Waals surface area contributed by atoms with E-state index in [2.05, 4.69) is 27.1 Å². The summed E-state index contributed by atoms with van der Waals surface area (Å²) in [5, 5.41) is 8.12. The van der Waals surface area contributed by atoms with Crippen LogP contribution in [0.1, 0.15) is 35.2 Å². The molecule has 5 rings (SSSR count). The summed E-state index contributed by atoms with van der Waals surface area (Å²) in [6, 6.07) is 0. The van der Waals surface area contributed by atoms with Crippen LogP contribution in [0.4, 0.5) is 0 Å². The number of imidazole rings is 1. The Bertz CT molecular complexity index is 1300. The first kappa shape index (κ1) is 20.2. The fourth-order valence-electron chi connectivity index (χ4n) is 4.13. The zero-order valence-electron chi connectivity index (χ0n) is 18.4. The van der Waals surface area contributed by atoms with Gasteiger partial charge in [0.25, 0.3) is 5.91 Å². The van der Waals surface area contributed by atoms with Crippen molar-refractivity contribution in [2.24, 2.45) is 7.05 Å². The van der Waals surface area contributed by atoms with E-state index in [1.165, 1.54) is 12.5 Å². The van der Waals surface area contributed by atoms with Gasteiger partial charge < -0.3 is 18.7 Å². The molecule has 0 spiro atoms. The van der Waals surface area contributed by atoms with Crippen molar-refractivity contribution in [2.75, 3.05) is 13.1 Å². The average molecular weight is 436 g/mol. The second kappa shape index (κ2) is 7.74. The standard InChI is InChI=1S/C21H24N8O3/c1-5-29-12(2)15(8-24-29)18-26-17-19(27(18)4)22-11-23-20(17)31-14-6-7-28(10-14)21(30)16-9-25-32-13(16)3/h8-9,11,14H,5-7,10H2,1-4H3. The topological polar surface area (TPSA) is 117 Å². The van der Waals surface area contributed by atoms with Crippen LogP contribution in [0.25, 0.3) is 22.6 Å². The number of fused-ring (bicyclic) bond motifs is 1. The van der Waals surface area contributed by atoms with E-state index < -0.39 is 0 Å². The van der Waals surface area contributed by atoms with Crippen LogP contribution in [-0.2, 0) is 13.6 Å². The second-order valence-electron chi connectivity index (χ2n) is 7.88. The maximum Gasteiger partial charge on any atom is 0.259 e. The average Bonchev–Trinajstić information content (AvgIpc) is 3.56. The number of ether oxygens (including phenoxy) is 1. The number of aromatic nitrogens is 7. The number of amides is 1. The molecule has 0 saturated carbocycles. The van der Waals surface area contributed by atoms with E-state index in [9.17, 15) is 4.79 Å². The number of carbonyl (C=O) groups is 1. The van der Waals surface area contributed by atoms with Crippen LogP contribution in [0, 0.1) is 13.8 Å². The van der Waals surface area contributed by atoms with Crippen LogP contribution in [-0.4, -0.2) is 64.5 Å². The van der Waals surface area contributed by atoms with Crippen LogP contribution in [0.3, 0.4) is 0 Å². The van der Waals surface area contributed by atoms with Crippen LogP contribution in [0.2, 0.25) is 0 Å². The third-order valence-corrected chi connectivity index (χ3v) is 5.96. The Balaban J connectivity index is 1.40. The lowest BCUT2D eigenvalue weighted by molar-refractivity contribution is 0.0770. The molecule has 4 aromatic heterocycles. The monoisotopic (exact) mass is 436 g/mol. The predicted octanol–water partition coefficient (Wildman–Crippen LogP) is 2.15. The van der Waals surface area contributed by atoms with Gasteiger partial charge >= 0.3 is 0 Å². The van der Waals surface area contributed by atoms with Gasteiger partial charge in [0.15, 0.2) is 11.2 Å². The van der Waals surface area contributed by atoms with Crippen molar-refractivity contribution in [2.45, 2.75) is 39.8 Å². The fourth-order valence-corrected chi connectivity index (χ4v) is 4.13. The molecule has 4 aromatic rings. The lowest BCUT2D eigenvalue weighted by atomic mass is 10.2. The van der Waals surface area contributed by atoms with Crippen molar-refractivity contribution in [3.63, 3.8) is 0 Å². The Kier molecular flexibility index (Phi) is 4.87. The summed E-state index contributed by atoms with van der Waals surface area (Å²) in [6.45, 7) is 7.63. The lowest BCUT2D eigenvalue weighted by Crippen LogP contribution is -2.31. The summed E-state index contributed by atoms with van der Waals surface area (Å²) in [4.78, 5) is 28.0. The molecule has 11 nitrogen and oxygen atoms in total. The van der Waals surface area contributed by atoms with Crippen LogP contribution < -0.4 is 4.74 Å². The molecule has 0 aliphatic carbocycles. The third kappa shape index (κ3) is 3.20. The molecule has 0 aromatic carbocycles. The molecule has 1 fully saturated rings. The first-order valence-corrected chi connectivity index (χ1v) is 10.5. The molecule has 1 amide bonds. The highest BCUT2D eigenvalue weighted by Gasteiger charge is 2.31. The molecule has 0 bridgehead atoms. The molecular formula is C21H24N8O3. The first-order valence-electron chi connectivity index (χ1n) is 10.5. The van der Waals surface area contributed by atoms with Gasteiger partial charge in [0.2, 0.25) is 5.88 Å². The molecule has 166 valence electrons. The molecule has 0 N–H and O–H groups in total. The van der Waals surface area contributed by atoms with Gasteiger partial charge in [0.05, 0.1) is 24.5 Å². The summed E-state index contributed by atoms with van der Waals surface area (Å²) in [5.74, 6) is 1.58. The number of likely N-dealkylation sites (tertiary alicyclic amines) is 1. The molecule has 32 heavy (non-hydrogen) atoms. The van der Waals surface area contributed by atoms with Crippen molar-refractivity contribution in [1.82, 2.24) is 39.4 Å². The van der Waals surface area contributed by atoms with Gasteiger partial charge in [-0.15, -0.1) is 0 Å². The molecule has 0 radical (unpaired) electrons. The van der Waals surface area contributed by atoms with Crippen molar-refractivity contribution in [1.29, 1.82) is 0 Å². The first-order chi connectivity index (χ1) is 15.5. The van der Waals surface area contributed by atoms with Gasteiger partial charge in [0.1, 0.15) is 29.6 Å². The molecule has 5 heterocycles. The van der Waals surface area contributed by atoms with Crippen molar-refractivity contribution in [3.8, 4) is 17.3 Å². The zero-order valence-corrected chi connectivity index (χ0v) is 18.4. The summed E-state index contributed by atoms with van der Waals surface area (Å²) in [7, 11) is 1.92. The molecule has 11 heteroatoms. The molecule has 1 aliphatic heterocycles. The van der Waals surface area contributed by atoms with Gasteiger partial charge in [-0.3, -0.25) is 9.48 Å². The number of nitrogens with zero attached hydrogens (tertiary/aromatic N) is 8. The van der Waals surface area contributed by atoms with E-state index >= 15 is 0 Å². The summed E-state index contributed by atoms with van der Waals surface area (Å²) in [5.41, 5.74) is 3.73. The number of aryl methyl sites for hydroxylation is 3. The number of carbonyl (C=O) groups excluding carboxylic acids is 1. The fraction of sp³-hybridized carbons (Fsp3) is 0.429. The smallest absolute Gasteiger partial charge is 0.259 e. The van der Waals surface area contributed by atoms with Crippen LogP contribution in [0.5, 0.6) is 5.88 Å². The number of rotatable bonds is 5. The Morgan fingerprint density at radius 2 is 2.12 bits per heavy atom. The highest BCUT2D eigenvalue weighted by Crippen LogP contribution is 2.30. The highest BCUT2D eigenvalue weighted by molar-refractivity contribution is 5.95. The van der Waals surface area contributed by atoms with Gasteiger partial charge in [-0.2, -0.15) is 10.1 Å². The Morgan fingerprint density at radius 1 is 1.28 bits per heavy atom. The zero-order chi connectivity index (χ0) is 22.4. The highest BCUT2D eigenvalue weighted by atomic mass is 16.5. The SMILES string of the molecule is CCn1ncc(-c2nc3c(OC4CCN(C(=O)c5cnoc5C)C4)ncnc3n2C)c1C. The van der Waals surface area contributed by atoms with Gasteiger partial charge in [-0.1, -0.05) is 5.16 Å². The normalized spacial score (nSPS) is 16.2. The molecule has 1 aliphatic rings. The quantitative estimate of drug-likeness (QED) is 0.467. The van der Waals surface area contributed by atoms with Gasteiger partial charge in [0, 0.05) is 32.3 Å². The lowest BCUT2D eigenvalue weighted by Gasteiger charge is -2.16. The minimum absolute atomic E-state index is 0.105. The Labute approximate surface area is 184 Å². The van der Waals surface area contributed by atoms with E-state index in [-0.39, 0.29) is 12.0 Å². The largest absolute Gasteiger partial charge is 0.471 e. The van der Waals surface area contributed by atoms with E-state index in [0.29, 0.717) is 47.9 Å². The van der Waals surface area contributed by atoms with Crippen molar-refractivity contribution in [3.05, 3.63) is 35.7 Å². The van der Waals surface area contributed by atoms with E-state index in [1.54, 1.807) is 11.8 Å². The number of hydrogen-bond donors (Lipinski definition) is 0. The van der Waals surface area contributed by atoms with E-state index in [1.807, 2.05) is 29.4 Å². The maximum absolute atomic E-state index is 12.7. The molecular weight excluding hydrogens is 412 g/mol. The maximum atomic E-state index is 12.7. The minimum atomic E-state index is -0.188.